The van der Waals surface area contributed by atoms with E-state index in [2.05, 4.69) is 24.5 Å². The number of hydrogen-bond acceptors (Lipinski definition) is 3. The molecule has 0 spiro atoms. The minimum Gasteiger partial charge on any atom is -0.494 e. The first-order chi connectivity index (χ1) is 10.1. The summed E-state index contributed by atoms with van der Waals surface area (Å²) in [6.45, 7) is 8.45. The molecule has 118 valence electrons. The number of likely N-dealkylation sites (N-methyl/N-ethyl adjacent to an activating group) is 1. The molecule has 1 aromatic rings. The van der Waals surface area contributed by atoms with E-state index in [1.165, 1.54) is 5.56 Å². The van der Waals surface area contributed by atoms with Crippen LogP contribution in [0.3, 0.4) is 0 Å². The molecule has 0 unspecified atom stereocenters. The van der Waals surface area contributed by atoms with E-state index in [1.54, 1.807) is 0 Å². The van der Waals surface area contributed by atoms with Gasteiger partial charge in [-0.3, -0.25) is 4.79 Å². The molecule has 0 aliphatic heterocycles. The minimum absolute atomic E-state index is 0.121. The first-order valence-corrected chi connectivity index (χ1v) is 7.81. The minimum atomic E-state index is 0.121. The number of hydrogen-bond donors (Lipinski definition) is 2. The Morgan fingerprint density at radius 1 is 1.33 bits per heavy atom. The second-order valence-corrected chi connectivity index (χ2v) is 5.38. The van der Waals surface area contributed by atoms with Crippen LogP contribution in [0.1, 0.15) is 38.7 Å². The molecule has 0 heterocycles. The summed E-state index contributed by atoms with van der Waals surface area (Å²) in [5.41, 5.74) is 1.20. The van der Waals surface area contributed by atoms with E-state index in [1.807, 2.05) is 31.2 Å². The van der Waals surface area contributed by atoms with Crippen LogP contribution >= 0.6 is 0 Å². The summed E-state index contributed by atoms with van der Waals surface area (Å²) in [4.78, 5) is 11.6. The predicted octanol–water partition coefficient (Wildman–Crippen LogP) is 2.66. The third-order valence-electron chi connectivity index (χ3n) is 3.21. The third-order valence-corrected chi connectivity index (χ3v) is 3.21. The number of amides is 1. The van der Waals surface area contributed by atoms with Crippen LogP contribution in [0.15, 0.2) is 24.3 Å². The molecule has 4 heteroatoms. The molecule has 0 radical (unpaired) electrons. The first kappa shape index (κ1) is 17.5. The molecule has 0 bridgehead atoms. The highest BCUT2D eigenvalue weighted by Crippen LogP contribution is 2.12. The Labute approximate surface area is 128 Å². The summed E-state index contributed by atoms with van der Waals surface area (Å²) in [6, 6.07) is 8.34. The fraction of sp³-hybridized carbons (Fsp3) is 0.588. The fourth-order valence-corrected chi connectivity index (χ4v) is 2.06. The predicted molar refractivity (Wildman–Crippen MR) is 86.7 cm³/mol. The van der Waals surface area contributed by atoms with Crippen molar-refractivity contribution < 1.29 is 9.53 Å². The zero-order valence-corrected chi connectivity index (χ0v) is 13.4. The zero-order valence-electron chi connectivity index (χ0n) is 13.4. The van der Waals surface area contributed by atoms with Crippen LogP contribution in [0.5, 0.6) is 5.75 Å². The van der Waals surface area contributed by atoms with Crippen LogP contribution in [0.4, 0.5) is 0 Å². The van der Waals surface area contributed by atoms with Crippen molar-refractivity contribution in [2.75, 3.05) is 19.7 Å². The molecule has 1 aromatic carbocycles. The van der Waals surface area contributed by atoms with Crippen LogP contribution in [0.25, 0.3) is 0 Å². The Bertz CT molecular complexity index is 421. The lowest BCUT2D eigenvalue weighted by molar-refractivity contribution is -0.121. The molecule has 1 rings (SSSR count). The first-order valence-electron chi connectivity index (χ1n) is 7.81. The zero-order chi connectivity index (χ0) is 15.5. The molecule has 1 atom stereocenters. The van der Waals surface area contributed by atoms with E-state index in [9.17, 15) is 4.79 Å². The Kier molecular flexibility index (Phi) is 8.51. The van der Waals surface area contributed by atoms with Crippen molar-refractivity contribution in [3.05, 3.63) is 29.8 Å². The van der Waals surface area contributed by atoms with Gasteiger partial charge >= 0.3 is 0 Å². The Morgan fingerprint density at radius 2 is 2.14 bits per heavy atom. The average Bonchev–Trinajstić information content (AvgIpc) is 2.45. The van der Waals surface area contributed by atoms with Crippen LogP contribution in [0.2, 0.25) is 0 Å². The highest BCUT2D eigenvalue weighted by molar-refractivity contribution is 5.75. The van der Waals surface area contributed by atoms with Crippen LogP contribution in [0, 0.1) is 6.92 Å². The van der Waals surface area contributed by atoms with Gasteiger partial charge in [-0.05, 0) is 50.9 Å². The number of carbonyl (C=O) groups excluding carboxylic acids is 1. The number of benzene rings is 1. The lowest BCUT2D eigenvalue weighted by Crippen LogP contribution is -2.38. The number of aryl methyl sites for hydroxylation is 1. The van der Waals surface area contributed by atoms with Crippen LogP contribution in [-0.4, -0.2) is 31.6 Å². The Hall–Kier alpha value is -1.55. The van der Waals surface area contributed by atoms with Crippen molar-refractivity contribution in [3.63, 3.8) is 0 Å². The van der Waals surface area contributed by atoms with E-state index in [0.717, 1.165) is 25.1 Å². The molecule has 2 N–H and O–H groups in total. The second-order valence-electron chi connectivity index (χ2n) is 5.38. The van der Waals surface area contributed by atoms with Gasteiger partial charge in [-0.2, -0.15) is 0 Å². The number of unbranched alkanes of at least 4 members (excludes halogenated alkanes) is 1. The molecule has 0 aliphatic carbocycles. The van der Waals surface area contributed by atoms with Gasteiger partial charge in [0.1, 0.15) is 5.75 Å². The molecule has 0 aliphatic rings. The van der Waals surface area contributed by atoms with Crippen molar-refractivity contribution >= 4 is 5.91 Å². The van der Waals surface area contributed by atoms with Gasteiger partial charge in [-0.1, -0.05) is 19.1 Å². The Morgan fingerprint density at radius 3 is 2.86 bits per heavy atom. The molecular weight excluding hydrogens is 264 g/mol. The lowest BCUT2D eigenvalue weighted by atomic mass is 10.2. The van der Waals surface area contributed by atoms with E-state index < -0.39 is 0 Å². The van der Waals surface area contributed by atoms with Gasteiger partial charge in [0.25, 0.3) is 0 Å². The number of nitrogens with one attached hydrogen (secondary N) is 2. The highest BCUT2D eigenvalue weighted by atomic mass is 16.5. The maximum absolute atomic E-state index is 11.6. The summed E-state index contributed by atoms with van der Waals surface area (Å²) in [7, 11) is 0. The molecule has 0 aromatic heterocycles. The molecule has 4 nitrogen and oxygen atoms in total. The molecular formula is C17H28N2O2. The molecule has 21 heavy (non-hydrogen) atoms. The van der Waals surface area contributed by atoms with Gasteiger partial charge in [0.05, 0.1) is 6.61 Å². The molecule has 0 fully saturated rings. The molecule has 0 saturated carbocycles. The topological polar surface area (TPSA) is 50.4 Å². The quantitative estimate of drug-likeness (QED) is 0.652. The van der Waals surface area contributed by atoms with Crippen molar-refractivity contribution in [3.8, 4) is 5.75 Å². The molecule has 0 saturated heterocycles. The maximum Gasteiger partial charge on any atom is 0.220 e. The van der Waals surface area contributed by atoms with E-state index >= 15 is 0 Å². The third kappa shape index (κ3) is 8.35. The molecule has 1 amide bonds. The van der Waals surface area contributed by atoms with E-state index in [-0.39, 0.29) is 5.91 Å². The number of rotatable bonds is 10. The van der Waals surface area contributed by atoms with Crippen molar-refractivity contribution in [1.29, 1.82) is 0 Å². The van der Waals surface area contributed by atoms with E-state index in [4.69, 9.17) is 4.74 Å². The summed E-state index contributed by atoms with van der Waals surface area (Å²) >= 11 is 0. The van der Waals surface area contributed by atoms with Crippen molar-refractivity contribution in [2.24, 2.45) is 0 Å². The van der Waals surface area contributed by atoms with Crippen LogP contribution < -0.4 is 15.4 Å². The standard InChI is InChI=1S/C17H28N2O2/c1-4-18-15(3)13-19-17(20)10-5-6-11-21-16-9-7-8-14(2)12-16/h7-9,12,15,18H,4-6,10-11,13H2,1-3H3,(H,19,20)/t15-/m1/s1. The largest absolute Gasteiger partial charge is 0.494 e. The van der Waals surface area contributed by atoms with Crippen molar-refractivity contribution in [1.82, 2.24) is 10.6 Å². The fourth-order valence-electron chi connectivity index (χ4n) is 2.06. The summed E-state index contributed by atoms with van der Waals surface area (Å²) < 4.78 is 5.66. The number of ether oxygens (including phenoxy) is 1. The second kappa shape index (κ2) is 10.2. The Balaban J connectivity index is 2.04. The van der Waals surface area contributed by atoms with E-state index in [0.29, 0.717) is 25.6 Å². The summed E-state index contributed by atoms with van der Waals surface area (Å²) in [6.07, 6.45) is 2.31. The highest BCUT2D eigenvalue weighted by Gasteiger charge is 2.04. The van der Waals surface area contributed by atoms with Gasteiger partial charge < -0.3 is 15.4 Å². The number of carbonyl (C=O) groups is 1. The monoisotopic (exact) mass is 292 g/mol. The SMILES string of the molecule is CCN[C@H](C)CNC(=O)CCCCOc1cccc(C)c1. The lowest BCUT2D eigenvalue weighted by Gasteiger charge is -2.13. The summed E-state index contributed by atoms with van der Waals surface area (Å²) in [5.74, 6) is 1.02. The maximum atomic E-state index is 11.6. The van der Waals surface area contributed by atoms with Gasteiger partial charge in [-0.25, -0.2) is 0 Å². The van der Waals surface area contributed by atoms with Crippen LogP contribution in [-0.2, 0) is 4.79 Å². The van der Waals surface area contributed by atoms with Crippen molar-refractivity contribution in [2.45, 2.75) is 46.1 Å². The van der Waals surface area contributed by atoms with Gasteiger partial charge in [0.15, 0.2) is 0 Å². The normalized spacial score (nSPS) is 12.0. The summed E-state index contributed by atoms with van der Waals surface area (Å²) in [5, 5.41) is 6.21. The smallest absolute Gasteiger partial charge is 0.220 e. The van der Waals surface area contributed by atoms with Gasteiger partial charge in [-0.15, -0.1) is 0 Å². The van der Waals surface area contributed by atoms with Gasteiger partial charge in [0, 0.05) is 19.0 Å². The van der Waals surface area contributed by atoms with Gasteiger partial charge in [0.2, 0.25) is 5.91 Å². The average molecular weight is 292 g/mol.